The third kappa shape index (κ3) is 3.01. The summed E-state index contributed by atoms with van der Waals surface area (Å²) in [6, 6.07) is 13.2. The second kappa shape index (κ2) is 5.90. The number of aliphatic hydroxyl groups is 1. The molecule has 2 aromatic heterocycles. The largest absolute Gasteiger partial charge is 0.393 e. The molecule has 1 aliphatic rings. The molecule has 5 heteroatoms. The second-order valence-corrected chi connectivity index (χ2v) is 5.28. The lowest BCUT2D eigenvalue weighted by Crippen LogP contribution is -2.36. The standard InChI is InChI=1S/C16H16N4O/c17-10-12-4-3-6-15(19-12)20-16(11-8-13(21)9-11)14-5-1-2-7-18-14/h1-7,11,13,16,21H,8-9H2,(H,19,20)/t11?,13?,16-/m1/s1. The average molecular weight is 280 g/mol. The van der Waals surface area contributed by atoms with E-state index in [0.29, 0.717) is 17.4 Å². The second-order valence-electron chi connectivity index (χ2n) is 5.28. The molecule has 0 saturated heterocycles. The van der Waals surface area contributed by atoms with E-state index in [1.54, 1.807) is 18.3 Å². The number of nitrogens with one attached hydrogen (secondary N) is 1. The molecule has 1 saturated carbocycles. The summed E-state index contributed by atoms with van der Waals surface area (Å²) in [5, 5.41) is 21.8. The van der Waals surface area contributed by atoms with Crippen molar-refractivity contribution >= 4 is 5.82 Å². The van der Waals surface area contributed by atoms with Crippen LogP contribution in [0.25, 0.3) is 0 Å². The highest BCUT2D eigenvalue weighted by molar-refractivity contribution is 5.41. The summed E-state index contributed by atoms with van der Waals surface area (Å²) in [7, 11) is 0. The molecule has 2 N–H and O–H groups in total. The molecule has 3 rings (SSSR count). The van der Waals surface area contributed by atoms with Gasteiger partial charge in [0, 0.05) is 6.20 Å². The van der Waals surface area contributed by atoms with E-state index in [1.807, 2.05) is 30.3 Å². The number of hydrogen-bond acceptors (Lipinski definition) is 5. The molecule has 0 radical (unpaired) electrons. The maximum atomic E-state index is 9.56. The fourth-order valence-electron chi connectivity index (χ4n) is 2.63. The van der Waals surface area contributed by atoms with Gasteiger partial charge in [0.15, 0.2) is 0 Å². The molecule has 2 aromatic rings. The fraction of sp³-hybridized carbons (Fsp3) is 0.312. The van der Waals surface area contributed by atoms with Gasteiger partial charge in [0.2, 0.25) is 0 Å². The highest BCUT2D eigenvalue weighted by Gasteiger charge is 2.35. The lowest BCUT2D eigenvalue weighted by Gasteiger charge is -2.38. The molecular weight excluding hydrogens is 264 g/mol. The normalized spacial score (nSPS) is 21.9. The first-order valence-electron chi connectivity index (χ1n) is 6.99. The van der Waals surface area contributed by atoms with Gasteiger partial charge in [-0.2, -0.15) is 5.26 Å². The molecule has 5 nitrogen and oxygen atoms in total. The smallest absolute Gasteiger partial charge is 0.142 e. The van der Waals surface area contributed by atoms with E-state index in [2.05, 4.69) is 15.3 Å². The van der Waals surface area contributed by atoms with Crippen molar-refractivity contribution < 1.29 is 5.11 Å². The molecule has 1 aliphatic carbocycles. The molecule has 0 aromatic carbocycles. The fourth-order valence-corrected chi connectivity index (χ4v) is 2.63. The van der Waals surface area contributed by atoms with Gasteiger partial charge < -0.3 is 10.4 Å². The van der Waals surface area contributed by atoms with Crippen molar-refractivity contribution in [2.24, 2.45) is 5.92 Å². The quantitative estimate of drug-likeness (QED) is 0.897. The van der Waals surface area contributed by atoms with Gasteiger partial charge in [-0.1, -0.05) is 12.1 Å². The number of aromatic nitrogens is 2. The van der Waals surface area contributed by atoms with E-state index in [1.165, 1.54) is 0 Å². The van der Waals surface area contributed by atoms with Crippen LogP contribution < -0.4 is 5.32 Å². The molecule has 0 amide bonds. The Morgan fingerprint density at radius 1 is 1.24 bits per heavy atom. The number of anilines is 1. The van der Waals surface area contributed by atoms with Crippen LogP contribution in [0.4, 0.5) is 5.82 Å². The lowest BCUT2D eigenvalue weighted by atomic mass is 9.76. The van der Waals surface area contributed by atoms with Gasteiger partial charge >= 0.3 is 0 Å². The van der Waals surface area contributed by atoms with E-state index in [-0.39, 0.29) is 12.1 Å². The Morgan fingerprint density at radius 3 is 2.76 bits per heavy atom. The minimum absolute atomic E-state index is 0.00366. The van der Waals surface area contributed by atoms with Crippen LogP contribution in [-0.4, -0.2) is 21.2 Å². The Balaban J connectivity index is 1.84. The van der Waals surface area contributed by atoms with Crippen LogP contribution in [-0.2, 0) is 0 Å². The van der Waals surface area contributed by atoms with Crippen LogP contribution >= 0.6 is 0 Å². The van der Waals surface area contributed by atoms with Crippen LogP contribution in [0.15, 0.2) is 42.6 Å². The summed E-state index contributed by atoms with van der Waals surface area (Å²) in [4.78, 5) is 8.66. The Labute approximate surface area is 123 Å². The summed E-state index contributed by atoms with van der Waals surface area (Å²) in [5.74, 6) is 0.980. The number of hydrogen-bond donors (Lipinski definition) is 2. The number of nitriles is 1. The summed E-state index contributed by atoms with van der Waals surface area (Å²) in [6.07, 6.45) is 3.05. The first kappa shape index (κ1) is 13.5. The van der Waals surface area contributed by atoms with Crippen molar-refractivity contribution in [3.63, 3.8) is 0 Å². The van der Waals surface area contributed by atoms with Gasteiger partial charge in [0.1, 0.15) is 17.6 Å². The Morgan fingerprint density at radius 2 is 2.10 bits per heavy atom. The van der Waals surface area contributed by atoms with Crippen molar-refractivity contribution in [1.82, 2.24) is 9.97 Å². The maximum Gasteiger partial charge on any atom is 0.142 e. The molecule has 0 spiro atoms. The van der Waals surface area contributed by atoms with Crippen LogP contribution in [0, 0.1) is 17.2 Å². The molecule has 2 heterocycles. The molecular formula is C16H16N4O. The van der Waals surface area contributed by atoms with Gasteiger partial charge in [-0.05, 0) is 43.0 Å². The molecule has 1 atom stereocenters. The maximum absolute atomic E-state index is 9.56. The van der Waals surface area contributed by atoms with Crippen LogP contribution in [0.3, 0.4) is 0 Å². The van der Waals surface area contributed by atoms with Gasteiger partial charge in [-0.15, -0.1) is 0 Å². The average Bonchev–Trinajstić information content (AvgIpc) is 2.51. The third-order valence-electron chi connectivity index (χ3n) is 3.79. The molecule has 21 heavy (non-hydrogen) atoms. The summed E-state index contributed by atoms with van der Waals surface area (Å²) in [5.41, 5.74) is 1.31. The van der Waals surface area contributed by atoms with Gasteiger partial charge in [-0.25, -0.2) is 4.98 Å². The van der Waals surface area contributed by atoms with Gasteiger partial charge in [0.25, 0.3) is 0 Å². The number of nitrogens with zero attached hydrogens (tertiary/aromatic N) is 3. The Kier molecular flexibility index (Phi) is 3.80. The minimum atomic E-state index is -0.221. The zero-order valence-corrected chi connectivity index (χ0v) is 11.5. The van der Waals surface area contributed by atoms with Gasteiger partial charge in [0.05, 0.1) is 17.8 Å². The highest BCUT2D eigenvalue weighted by Crippen LogP contribution is 2.39. The predicted octanol–water partition coefficient (Wildman–Crippen LogP) is 2.27. The third-order valence-corrected chi connectivity index (χ3v) is 3.79. The Bertz CT molecular complexity index is 647. The van der Waals surface area contributed by atoms with Crippen molar-refractivity contribution in [3.8, 4) is 6.07 Å². The number of aliphatic hydroxyl groups excluding tert-OH is 1. The molecule has 0 unspecified atom stereocenters. The van der Waals surface area contributed by atoms with E-state index in [9.17, 15) is 5.11 Å². The lowest BCUT2D eigenvalue weighted by molar-refractivity contribution is 0.0334. The zero-order valence-electron chi connectivity index (χ0n) is 11.5. The highest BCUT2D eigenvalue weighted by atomic mass is 16.3. The predicted molar refractivity (Wildman–Crippen MR) is 78.3 cm³/mol. The monoisotopic (exact) mass is 280 g/mol. The topological polar surface area (TPSA) is 81.8 Å². The molecule has 0 aliphatic heterocycles. The van der Waals surface area contributed by atoms with E-state index in [4.69, 9.17) is 5.26 Å². The zero-order chi connectivity index (χ0) is 14.7. The van der Waals surface area contributed by atoms with E-state index in [0.717, 1.165) is 18.5 Å². The van der Waals surface area contributed by atoms with Crippen molar-refractivity contribution in [2.75, 3.05) is 5.32 Å². The SMILES string of the molecule is N#Cc1cccc(N[C@@H](c2ccccn2)C2CC(O)C2)n1. The van der Waals surface area contributed by atoms with Crippen molar-refractivity contribution in [3.05, 3.63) is 54.0 Å². The summed E-state index contributed by atoms with van der Waals surface area (Å²) < 4.78 is 0. The number of rotatable bonds is 4. The molecule has 1 fully saturated rings. The van der Waals surface area contributed by atoms with E-state index < -0.39 is 0 Å². The first-order chi connectivity index (χ1) is 10.3. The number of pyridine rings is 2. The Hall–Kier alpha value is -2.45. The van der Waals surface area contributed by atoms with E-state index >= 15 is 0 Å². The molecule has 0 bridgehead atoms. The summed E-state index contributed by atoms with van der Waals surface area (Å²) >= 11 is 0. The van der Waals surface area contributed by atoms with Crippen LogP contribution in [0.5, 0.6) is 0 Å². The minimum Gasteiger partial charge on any atom is -0.393 e. The van der Waals surface area contributed by atoms with Crippen LogP contribution in [0.2, 0.25) is 0 Å². The summed E-state index contributed by atoms with van der Waals surface area (Å²) in [6.45, 7) is 0. The first-order valence-corrected chi connectivity index (χ1v) is 6.99. The molecule has 106 valence electrons. The van der Waals surface area contributed by atoms with Crippen molar-refractivity contribution in [1.29, 1.82) is 5.26 Å². The van der Waals surface area contributed by atoms with Gasteiger partial charge in [-0.3, -0.25) is 4.98 Å². The van der Waals surface area contributed by atoms with Crippen molar-refractivity contribution in [2.45, 2.75) is 25.0 Å². The van der Waals surface area contributed by atoms with Crippen LogP contribution in [0.1, 0.15) is 30.3 Å².